The van der Waals surface area contributed by atoms with Crippen molar-refractivity contribution in [3.05, 3.63) is 75.6 Å². The van der Waals surface area contributed by atoms with Crippen LogP contribution in [0.3, 0.4) is 0 Å². The van der Waals surface area contributed by atoms with Crippen molar-refractivity contribution in [3.63, 3.8) is 0 Å². The van der Waals surface area contributed by atoms with Crippen molar-refractivity contribution in [2.45, 2.75) is 52.2 Å². The summed E-state index contributed by atoms with van der Waals surface area (Å²) >= 11 is 0. The molecule has 1 aromatic heterocycles. The number of hydrogen-bond acceptors (Lipinski definition) is 3. The number of likely N-dealkylation sites (N-methyl/N-ethyl adjacent to an activating group) is 1. The Kier molecular flexibility index (Phi) is 6.26. The van der Waals surface area contributed by atoms with Crippen LogP contribution in [0.5, 0.6) is 0 Å². The molecule has 0 bridgehead atoms. The number of carbonyl (C=O) groups excluding carboxylic acids is 1. The minimum absolute atomic E-state index is 0.0982. The Bertz CT molecular complexity index is 1190. The molecule has 178 valence electrons. The predicted molar refractivity (Wildman–Crippen MR) is 133 cm³/mol. The number of piperidine rings is 1. The normalized spacial score (nSPS) is 17.1. The van der Waals surface area contributed by atoms with E-state index in [1.165, 1.54) is 11.3 Å². The Labute approximate surface area is 201 Å². The number of rotatable bonds is 4. The molecule has 1 saturated heterocycles. The molecule has 0 spiro atoms. The molecule has 5 rings (SSSR count). The van der Waals surface area contributed by atoms with Crippen molar-refractivity contribution in [1.29, 1.82) is 0 Å². The van der Waals surface area contributed by atoms with Crippen LogP contribution >= 0.6 is 0 Å². The van der Waals surface area contributed by atoms with Gasteiger partial charge in [0.25, 0.3) is 5.91 Å². The van der Waals surface area contributed by atoms with Crippen molar-refractivity contribution in [2.24, 2.45) is 0 Å². The smallest absolute Gasteiger partial charge is 0.254 e. The van der Waals surface area contributed by atoms with Crippen LogP contribution in [-0.4, -0.2) is 52.4 Å². The summed E-state index contributed by atoms with van der Waals surface area (Å²) < 4.78 is 12.8. The van der Waals surface area contributed by atoms with E-state index in [0.29, 0.717) is 11.5 Å². The molecule has 3 heterocycles. The minimum Gasteiger partial charge on any atom is -0.341 e. The summed E-state index contributed by atoms with van der Waals surface area (Å²) in [6, 6.07) is 11.9. The Hall–Kier alpha value is -2.99. The number of benzene rings is 2. The number of imidazole rings is 1. The van der Waals surface area contributed by atoms with E-state index in [2.05, 4.69) is 29.9 Å². The third kappa shape index (κ3) is 4.39. The van der Waals surface area contributed by atoms with Crippen LogP contribution in [-0.2, 0) is 19.6 Å². The SMILES string of the molecule is Cc1cc(C)c(-c2nc3c([nH]2)CN(C)CC3)cc1C(=O)N1CCC(c2ccc(CF)cc2)CC1. The van der Waals surface area contributed by atoms with Crippen molar-refractivity contribution in [2.75, 3.05) is 26.7 Å². The van der Waals surface area contributed by atoms with Gasteiger partial charge in [0.15, 0.2) is 0 Å². The van der Waals surface area contributed by atoms with Crippen LogP contribution in [0.4, 0.5) is 4.39 Å². The number of amides is 1. The van der Waals surface area contributed by atoms with E-state index in [-0.39, 0.29) is 5.91 Å². The first-order valence-corrected chi connectivity index (χ1v) is 12.2. The number of hydrogen-bond donors (Lipinski definition) is 1. The van der Waals surface area contributed by atoms with Gasteiger partial charge in [-0.05, 0) is 68.0 Å². The Morgan fingerprint density at radius 1 is 1.09 bits per heavy atom. The van der Waals surface area contributed by atoms with Crippen molar-refractivity contribution in [1.82, 2.24) is 19.8 Å². The van der Waals surface area contributed by atoms with Crippen LogP contribution in [0.2, 0.25) is 0 Å². The lowest BCUT2D eigenvalue weighted by molar-refractivity contribution is 0.0712. The average Bonchev–Trinajstić information content (AvgIpc) is 3.27. The number of aryl methyl sites for hydroxylation is 2. The summed E-state index contributed by atoms with van der Waals surface area (Å²) in [5.41, 5.74) is 8.18. The zero-order valence-electron chi connectivity index (χ0n) is 20.3. The lowest BCUT2D eigenvalue weighted by Gasteiger charge is -2.33. The highest BCUT2D eigenvalue weighted by Gasteiger charge is 2.27. The molecule has 34 heavy (non-hydrogen) atoms. The number of carbonyl (C=O) groups is 1. The topological polar surface area (TPSA) is 52.2 Å². The average molecular weight is 461 g/mol. The number of halogens is 1. The highest BCUT2D eigenvalue weighted by atomic mass is 19.1. The maximum Gasteiger partial charge on any atom is 0.254 e. The standard InChI is InChI=1S/C28H33FN4O/c1-18-14-19(2)24(15-23(18)27-30-25-10-11-32(3)17-26(25)31-27)28(34)33-12-8-22(9-13-33)21-6-4-20(16-29)5-7-21/h4-7,14-15,22H,8-13,16-17H2,1-3H3,(H,30,31). The molecule has 5 nitrogen and oxygen atoms in total. The molecule has 0 aliphatic carbocycles. The molecular weight excluding hydrogens is 427 g/mol. The monoisotopic (exact) mass is 460 g/mol. The van der Waals surface area contributed by atoms with E-state index < -0.39 is 6.67 Å². The van der Waals surface area contributed by atoms with Gasteiger partial charge in [0.1, 0.15) is 12.5 Å². The number of alkyl halides is 1. The second kappa shape index (κ2) is 9.34. The van der Waals surface area contributed by atoms with E-state index in [1.807, 2.05) is 42.2 Å². The molecule has 2 aliphatic rings. The molecule has 3 aromatic rings. The zero-order chi connectivity index (χ0) is 23.8. The van der Waals surface area contributed by atoms with Gasteiger partial charge in [-0.15, -0.1) is 0 Å². The van der Waals surface area contributed by atoms with Gasteiger partial charge in [0.05, 0.1) is 11.4 Å². The number of fused-ring (bicyclic) bond motifs is 1. The van der Waals surface area contributed by atoms with Gasteiger partial charge in [-0.1, -0.05) is 30.3 Å². The summed E-state index contributed by atoms with van der Waals surface area (Å²) in [7, 11) is 2.12. The highest BCUT2D eigenvalue weighted by Crippen LogP contribution is 2.31. The number of nitrogens with one attached hydrogen (secondary N) is 1. The molecular formula is C28H33FN4O. The summed E-state index contributed by atoms with van der Waals surface area (Å²) in [6.07, 6.45) is 2.80. The summed E-state index contributed by atoms with van der Waals surface area (Å²) in [4.78, 5) is 26.2. The van der Waals surface area contributed by atoms with E-state index in [0.717, 1.165) is 79.2 Å². The van der Waals surface area contributed by atoms with Gasteiger partial charge in [-0.2, -0.15) is 0 Å². The zero-order valence-corrected chi connectivity index (χ0v) is 20.3. The van der Waals surface area contributed by atoms with Crippen LogP contribution in [0, 0.1) is 13.8 Å². The predicted octanol–water partition coefficient (Wildman–Crippen LogP) is 5.17. The fourth-order valence-corrected chi connectivity index (χ4v) is 5.36. The third-order valence-corrected chi connectivity index (χ3v) is 7.47. The molecule has 0 unspecified atom stereocenters. The van der Waals surface area contributed by atoms with Crippen LogP contribution in [0.1, 0.15) is 62.8 Å². The van der Waals surface area contributed by atoms with E-state index in [1.54, 1.807) is 0 Å². The van der Waals surface area contributed by atoms with Gasteiger partial charge in [0.2, 0.25) is 0 Å². The molecule has 0 atom stereocenters. The second-order valence-corrected chi connectivity index (χ2v) is 9.92. The number of likely N-dealkylation sites (tertiary alicyclic amines) is 1. The summed E-state index contributed by atoms with van der Waals surface area (Å²) in [5, 5.41) is 0. The Morgan fingerprint density at radius 3 is 2.53 bits per heavy atom. The van der Waals surface area contributed by atoms with Crippen LogP contribution in [0.15, 0.2) is 36.4 Å². The number of H-pyrrole nitrogens is 1. The molecule has 2 aliphatic heterocycles. The van der Waals surface area contributed by atoms with Crippen LogP contribution < -0.4 is 0 Å². The van der Waals surface area contributed by atoms with Gasteiger partial charge in [-0.3, -0.25) is 4.79 Å². The molecule has 2 aromatic carbocycles. The first-order valence-electron chi connectivity index (χ1n) is 12.2. The lowest BCUT2D eigenvalue weighted by Crippen LogP contribution is -2.38. The van der Waals surface area contributed by atoms with E-state index >= 15 is 0 Å². The van der Waals surface area contributed by atoms with Gasteiger partial charge >= 0.3 is 0 Å². The third-order valence-electron chi connectivity index (χ3n) is 7.47. The first-order chi connectivity index (χ1) is 16.4. The second-order valence-electron chi connectivity index (χ2n) is 9.92. The fourth-order valence-electron chi connectivity index (χ4n) is 5.36. The minimum atomic E-state index is -0.428. The molecule has 0 radical (unpaired) electrons. The fraction of sp³-hybridized carbons (Fsp3) is 0.429. The van der Waals surface area contributed by atoms with Gasteiger partial charge in [0, 0.05) is 43.7 Å². The molecule has 1 fully saturated rings. The highest BCUT2D eigenvalue weighted by molar-refractivity contribution is 5.97. The number of aromatic amines is 1. The van der Waals surface area contributed by atoms with E-state index in [4.69, 9.17) is 4.98 Å². The van der Waals surface area contributed by atoms with Crippen LogP contribution in [0.25, 0.3) is 11.4 Å². The van der Waals surface area contributed by atoms with Crippen molar-refractivity contribution < 1.29 is 9.18 Å². The quantitative estimate of drug-likeness (QED) is 0.584. The van der Waals surface area contributed by atoms with Gasteiger partial charge in [-0.25, -0.2) is 9.37 Å². The summed E-state index contributed by atoms with van der Waals surface area (Å²) in [6.45, 7) is 7.04. The maximum atomic E-state index is 13.5. The molecule has 1 amide bonds. The van der Waals surface area contributed by atoms with Gasteiger partial charge < -0.3 is 14.8 Å². The van der Waals surface area contributed by atoms with Crippen molar-refractivity contribution in [3.8, 4) is 11.4 Å². The Morgan fingerprint density at radius 2 is 1.82 bits per heavy atom. The first kappa shape index (κ1) is 22.8. The summed E-state index contributed by atoms with van der Waals surface area (Å²) in [5.74, 6) is 1.38. The Balaban J connectivity index is 1.33. The number of nitrogens with zero attached hydrogens (tertiary/aromatic N) is 3. The lowest BCUT2D eigenvalue weighted by atomic mass is 9.88. The van der Waals surface area contributed by atoms with E-state index in [9.17, 15) is 9.18 Å². The molecule has 1 N–H and O–H groups in total. The molecule has 0 saturated carbocycles. The van der Waals surface area contributed by atoms with Crippen molar-refractivity contribution >= 4 is 5.91 Å². The largest absolute Gasteiger partial charge is 0.341 e. The number of aromatic nitrogens is 2. The molecule has 6 heteroatoms. The maximum absolute atomic E-state index is 13.5.